The molecular formula is C22H16O3. The van der Waals surface area contributed by atoms with E-state index >= 15 is 0 Å². The van der Waals surface area contributed by atoms with Crippen LogP contribution in [0.4, 0.5) is 0 Å². The number of rotatable bonds is 2. The summed E-state index contributed by atoms with van der Waals surface area (Å²) in [7, 11) is 0. The Hall–Kier alpha value is -3.20. The fourth-order valence-corrected chi connectivity index (χ4v) is 3.40. The van der Waals surface area contributed by atoms with Crippen molar-refractivity contribution in [2.24, 2.45) is 0 Å². The summed E-state index contributed by atoms with van der Waals surface area (Å²) >= 11 is 0. The molecule has 122 valence electrons. The van der Waals surface area contributed by atoms with Gasteiger partial charge in [-0.15, -0.1) is 0 Å². The predicted octanol–water partition coefficient (Wildman–Crippen LogP) is 4.88. The van der Waals surface area contributed by atoms with Crippen molar-refractivity contribution in [3.05, 3.63) is 82.4 Å². The number of carboxylic acids is 1. The van der Waals surface area contributed by atoms with Gasteiger partial charge in [0.05, 0.1) is 5.56 Å². The van der Waals surface area contributed by atoms with Crippen molar-refractivity contribution in [2.75, 3.05) is 0 Å². The van der Waals surface area contributed by atoms with E-state index in [1.807, 2.05) is 49.4 Å². The molecule has 0 aliphatic heterocycles. The van der Waals surface area contributed by atoms with Crippen LogP contribution in [0.2, 0.25) is 0 Å². The van der Waals surface area contributed by atoms with E-state index in [2.05, 4.69) is 0 Å². The second-order valence-electron chi connectivity index (χ2n) is 6.47. The molecule has 0 radical (unpaired) electrons. The SMILES string of the molecule is Cc1ccc2c(c1)C(=O)c1cc(-c3ccc(C)c(C(=O)O)c3)ccc1-2. The number of carboxylic acid groups (broad SMARTS) is 1. The summed E-state index contributed by atoms with van der Waals surface area (Å²) in [5.41, 5.74) is 7.02. The van der Waals surface area contributed by atoms with E-state index in [1.165, 1.54) is 0 Å². The lowest BCUT2D eigenvalue weighted by Crippen LogP contribution is -2.00. The molecule has 1 aliphatic rings. The van der Waals surface area contributed by atoms with Gasteiger partial charge in [0, 0.05) is 11.1 Å². The first-order valence-corrected chi connectivity index (χ1v) is 8.10. The molecule has 1 N–H and O–H groups in total. The third-order valence-electron chi connectivity index (χ3n) is 4.78. The Kier molecular flexibility index (Phi) is 3.32. The van der Waals surface area contributed by atoms with Crippen molar-refractivity contribution in [2.45, 2.75) is 13.8 Å². The minimum absolute atomic E-state index is 0.0288. The summed E-state index contributed by atoms with van der Waals surface area (Å²) < 4.78 is 0. The van der Waals surface area contributed by atoms with Crippen LogP contribution in [-0.2, 0) is 0 Å². The lowest BCUT2D eigenvalue weighted by Gasteiger charge is -2.08. The Morgan fingerprint density at radius 1 is 0.760 bits per heavy atom. The third kappa shape index (κ3) is 2.36. The number of carbonyl (C=O) groups excluding carboxylic acids is 1. The van der Waals surface area contributed by atoms with Crippen LogP contribution < -0.4 is 0 Å². The van der Waals surface area contributed by atoms with E-state index in [9.17, 15) is 14.7 Å². The standard InChI is InChI=1S/C22H16O3/c1-12-3-7-16-17-8-6-15(11-20(17)21(23)19(16)9-12)14-5-4-13(2)18(10-14)22(24)25/h3-11H,1-2H3,(H,24,25). The van der Waals surface area contributed by atoms with Crippen molar-refractivity contribution >= 4 is 11.8 Å². The van der Waals surface area contributed by atoms with Gasteiger partial charge in [-0.3, -0.25) is 4.79 Å². The van der Waals surface area contributed by atoms with Crippen LogP contribution in [0.3, 0.4) is 0 Å². The van der Waals surface area contributed by atoms with E-state index in [-0.39, 0.29) is 11.3 Å². The molecule has 4 rings (SSSR count). The predicted molar refractivity (Wildman–Crippen MR) is 97.2 cm³/mol. The largest absolute Gasteiger partial charge is 0.478 e. The normalized spacial score (nSPS) is 12.0. The lowest BCUT2D eigenvalue weighted by molar-refractivity contribution is 0.0696. The molecular weight excluding hydrogens is 312 g/mol. The van der Waals surface area contributed by atoms with E-state index in [1.54, 1.807) is 19.1 Å². The summed E-state index contributed by atoms with van der Waals surface area (Å²) in [6.45, 7) is 3.75. The van der Waals surface area contributed by atoms with Gasteiger partial charge in [0.25, 0.3) is 0 Å². The van der Waals surface area contributed by atoms with Gasteiger partial charge in [-0.05, 0) is 59.9 Å². The smallest absolute Gasteiger partial charge is 0.335 e. The maximum atomic E-state index is 12.8. The Labute approximate surface area is 145 Å². The molecule has 0 saturated heterocycles. The molecule has 0 spiro atoms. The summed E-state index contributed by atoms with van der Waals surface area (Å²) in [6.07, 6.45) is 0. The van der Waals surface area contributed by atoms with Crippen LogP contribution in [0.15, 0.2) is 54.6 Å². The quantitative estimate of drug-likeness (QED) is 0.570. The second kappa shape index (κ2) is 5.42. The highest BCUT2D eigenvalue weighted by Gasteiger charge is 2.27. The fourth-order valence-electron chi connectivity index (χ4n) is 3.40. The van der Waals surface area contributed by atoms with Crippen LogP contribution in [0, 0.1) is 13.8 Å². The molecule has 3 nitrogen and oxygen atoms in total. The summed E-state index contributed by atoms with van der Waals surface area (Å²) in [5.74, 6) is -0.916. The van der Waals surface area contributed by atoms with Crippen LogP contribution >= 0.6 is 0 Å². The number of ketones is 1. The number of aryl methyl sites for hydroxylation is 2. The van der Waals surface area contributed by atoms with Crippen molar-refractivity contribution in [1.29, 1.82) is 0 Å². The van der Waals surface area contributed by atoms with Crippen molar-refractivity contribution in [3.8, 4) is 22.3 Å². The number of fused-ring (bicyclic) bond motifs is 3. The Morgan fingerprint density at radius 2 is 1.36 bits per heavy atom. The lowest BCUT2D eigenvalue weighted by atomic mass is 9.96. The fraction of sp³-hybridized carbons (Fsp3) is 0.0909. The molecule has 0 heterocycles. The van der Waals surface area contributed by atoms with Gasteiger partial charge in [-0.25, -0.2) is 4.79 Å². The van der Waals surface area contributed by atoms with E-state index in [4.69, 9.17) is 0 Å². The Bertz CT molecular complexity index is 1060. The maximum absolute atomic E-state index is 12.8. The van der Waals surface area contributed by atoms with Crippen LogP contribution in [0.5, 0.6) is 0 Å². The molecule has 25 heavy (non-hydrogen) atoms. The zero-order valence-electron chi connectivity index (χ0n) is 14.0. The van der Waals surface area contributed by atoms with Gasteiger partial charge in [-0.1, -0.05) is 42.0 Å². The summed E-state index contributed by atoms with van der Waals surface area (Å²) in [6, 6.07) is 17.0. The highest BCUT2D eigenvalue weighted by molar-refractivity contribution is 6.22. The van der Waals surface area contributed by atoms with E-state index in [0.29, 0.717) is 5.56 Å². The summed E-state index contributed by atoms with van der Waals surface area (Å²) in [5, 5.41) is 9.32. The first-order chi connectivity index (χ1) is 12.0. The first kappa shape index (κ1) is 15.3. The molecule has 3 aromatic carbocycles. The topological polar surface area (TPSA) is 54.4 Å². The molecule has 0 bridgehead atoms. The molecule has 0 fully saturated rings. The Balaban J connectivity index is 1.85. The van der Waals surface area contributed by atoms with Gasteiger partial charge in [0.1, 0.15) is 0 Å². The van der Waals surface area contributed by atoms with E-state index < -0.39 is 5.97 Å². The van der Waals surface area contributed by atoms with Gasteiger partial charge in [-0.2, -0.15) is 0 Å². The number of carbonyl (C=O) groups is 2. The summed E-state index contributed by atoms with van der Waals surface area (Å²) in [4.78, 5) is 24.1. The van der Waals surface area contributed by atoms with Crippen LogP contribution in [0.1, 0.15) is 37.4 Å². The minimum Gasteiger partial charge on any atom is -0.478 e. The number of hydrogen-bond donors (Lipinski definition) is 1. The molecule has 3 aromatic rings. The van der Waals surface area contributed by atoms with Gasteiger partial charge < -0.3 is 5.11 Å². The van der Waals surface area contributed by atoms with Gasteiger partial charge in [0.15, 0.2) is 5.78 Å². The Morgan fingerprint density at radius 3 is 2.08 bits per heavy atom. The number of aromatic carboxylic acids is 1. The van der Waals surface area contributed by atoms with Crippen molar-refractivity contribution in [1.82, 2.24) is 0 Å². The highest BCUT2D eigenvalue weighted by Crippen LogP contribution is 2.39. The van der Waals surface area contributed by atoms with E-state index in [0.717, 1.165) is 38.9 Å². The average molecular weight is 328 g/mol. The molecule has 0 saturated carbocycles. The zero-order valence-corrected chi connectivity index (χ0v) is 14.0. The van der Waals surface area contributed by atoms with Crippen molar-refractivity contribution < 1.29 is 14.7 Å². The maximum Gasteiger partial charge on any atom is 0.335 e. The average Bonchev–Trinajstić information content (AvgIpc) is 2.87. The molecule has 0 atom stereocenters. The zero-order chi connectivity index (χ0) is 17.7. The number of benzene rings is 3. The molecule has 0 unspecified atom stereocenters. The van der Waals surface area contributed by atoms with Gasteiger partial charge in [0.2, 0.25) is 0 Å². The first-order valence-electron chi connectivity index (χ1n) is 8.10. The van der Waals surface area contributed by atoms with Gasteiger partial charge >= 0.3 is 5.97 Å². The van der Waals surface area contributed by atoms with Crippen LogP contribution in [-0.4, -0.2) is 16.9 Å². The molecule has 0 aromatic heterocycles. The van der Waals surface area contributed by atoms with Crippen LogP contribution in [0.25, 0.3) is 22.3 Å². The molecule has 3 heteroatoms. The molecule has 0 amide bonds. The monoisotopic (exact) mass is 328 g/mol. The second-order valence-corrected chi connectivity index (χ2v) is 6.47. The van der Waals surface area contributed by atoms with Crippen molar-refractivity contribution in [3.63, 3.8) is 0 Å². The minimum atomic E-state index is -0.945. The number of hydrogen-bond acceptors (Lipinski definition) is 2. The third-order valence-corrected chi connectivity index (χ3v) is 4.78. The highest BCUT2D eigenvalue weighted by atomic mass is 16.4. The molecule has 1 aliphatic carbocycles.